The van der Waals surface area contributed by atoms with Crippen molar-refractivity contribution in [3.8, 4) is 0 Å². The number of guanidine groups is 1. The van der Waals surface area contributed by atoms with Gasteiger partial charge in [-0.1, -0.05) is 28.1 Å². The topological polar surface area (TPSA) is 36.4 Å². The molecule has 0 atom stereocenters. The summed E-state index contributed by atoms with van der Waals surface area (Å²) in [4.78, 5) is 4.17. The normalized spacial score (nSPS) is 11.1. The van der Waals surface area contributed by atoms with Gasteiger partial charge in [-0.25, -0.2) is 0 Å². The van der Waals surface area contributed by atoms with Crippen molar-refractivity contribution < 1.29 is 0 Å². The average molecular weight is 440 g/mol. The van der Waals surface area contributed by atoms with Crippen molar-refractivity contribution in [2.24, 2.45) is 4.99 Å². The largest absolute Gasteiger partial charge is 0.356 e. The summed E-state index contributed by atoms with van der Waals surface area (Å²) in [5.41, 5.74) is 1.36. The van der Waals surface area contributed by atoms with Crippen molar-refractivity contribution in [2.75, 3.05) is 13.6 Å². The molecule has 0 radical (unpaired) electrons. The van der Waals surface area contributed by atoms with Gasteiger partial charge in [0.25, 0.3) is 0 Å². The van der Waals surface area contributed by atoms with E-state index in [9.17, 15) is 0 Å². The molecule has 1 aromatic rings. The Kier molecular flexibility index (Phi) is 10.3. The fraction of sp³-hybridized carbons (Fsp3) is 0.500. The molecule has 108 valence electrons. The summed E-state index contributed by atoms with van der Waals surface area (Å²) in [7, 11) is 1.80. The smallest absolute Gasteiger partial charge is 0.191 e. The van der Waals surface area contributed by atoms with Crippen LogP contribution in [0.2, 0.25) is 0 Å². The fourth-order valence-electron chi connectivity index (χ4n) is 1.66. The summed E-state index contributed by atoms with van der Waals surface area (Å²) in [6.45, 7) is 5.14. The van der Waals surface area contributed by atoms with Gasteiger partial charge < -0.3 is 10.6 Å². The van der Waals surface area contributed by atoms with Crippen LogP contribution in [0.3, 0.4) is 0 Å². The highest BCUT2D eigenvalue weighted by atomic mass is 127. The highest BCUT2D eigenvalue weighted by molar-refractivity contribution is 14.0. The molecule has 5 heteroatoms. The lowest BCUT2D eigenvalue weighted by Crippen LogP contribution is -2.41. The van der Waals surface area contributed by atoms with E-state index in [2.05, 4.69) is 69.7 Å². The number of benzene rings is 1. The van der Waals surface area contributed by atoms with Crippen LogP contribution in [0.5, 0.6) is 0 Å². The first kappa shape index (κ1) is 18.7. The first-order chi connectivity index (χ1) is 8.61. The first-order valence-corrected chi connectivity index (χ1v) is 7.12. The molecule has 0 aliphatic heterocycles. The van der Waals surface area contributed by atoms with Gasteiger partial charge in [-0.15, -0.1) is 24.0 Å². The van der Waals surface area contributed by atoms with Crippen LogP contribution in [0.25, 0.3) is 0 Å². The number of nitrogens with one attached hydrogen (secondary N) is 2. The van der Waals surface area contributed by atoms with Crippen molar-refractivity contribution in [3.05, 3.63) is 34.3 Å². The van der Waals surface area contributed by atoms with Gasteiger partial charge in [-0.05, 0) is 44.4 Å². The van der Waals surface area contributed by atoms with E-state index in [4.69, 9.17) is 0 Å². The van der Waals surface area contributed by atoms with Gasteiger partial charge in [0.1, 0.15) is 0 Å². The van der Waals surface area contributed by atoms with E-state index in [1.54, 1.807) is 7.05 Å². The predicted molar refractivity (Wildman–Crippen MR) is 97.5 cm³/mol. The molecule has 0 aromatic heterocycles. The summed E-state index contributed by atoms with van der Waals surface area (Å²) in [5.74, 6) is 0.874. The Morgan fingerprint density at radius 3 is 2.68 bits per heavy atom. The molecule has 0 aliphatic rings. The monoisotopic (exact) mass is 439 g/mol. The highest BCUT2D eigenvalue weighted by Crippen LogP contribution is 2.12. The molecule has 0 amide bonds. The van der Waals surface area contributed by atoms with Gasteiger partial charge in [-0.2, -0.15) is 0 Å². The molecule has 2 N–H and O–H groups in total. The zero-order valence-electron chi connectivity index (χ0n) is 11.7. The highest BCUT2D eigenvalue weighted by Gasteiger charge is 1.99. The Balaban J connectivity index is 0.00000324. The van der Waals surface area contributed by atoms with Crippen LogP contribution in [0.4, 0.5) is 0 Å². The molecule has 1 rings (SSSR count). The molecule has 0 saturated carbocycles. The summed E-state index contributed by atoms with van der Waals surface area (Å²) >= 11 is 3.49. The summed E-state index contributed by atoms with van der Waals surface area (Å²) in [6.07, 6.45) is 2.17. The van der Waals surface area contributed by atoms with Crippen LogP contribution in [0.15, 0.2) is 33.7 Å². The van der Waals surface area contributed by atoms with E-state index in [0.717, 1.165) is 29.8 Å². The van der Waals surface area contributed by atoms with E-state index in [0.29, 0.717) is 6.04 Å². The molecule has 0 bridgehead atoms. The lowest BCUT2D eigenvalue weighted by Gasteiger charge is -2.14. The van der Waals surface area contributed by atoms with Gasteiger partial charge in [0.05, 0.1) is 0 Å². The number of aryl methyl sites for hydroxylation is 1. The quantitative estimate of drug-likeness (QED) is 0.318. The number of rotatable bonds is 5. The number of aliphatic imine (C=N–C) groups is 1. The van der Waals surface area contributed by atoms with Crippen molar-refractivity contribution in [3.63, 3.8) is 0 Å². The zero-order chi connectivity index (χ0) is 13.4. The molecule has 0 heterocycles. The van der Waals surface area contributed by atoms with Crippen molar-refractivity contribution in [2.45, 2.75) is 32.7 Å². The Morgan fingerprint density at radius 2 is 2.11 bits per heavy atom. The fourth-order valence-corrected chi connectivity index (χ4v) is 2.11. The molecule has 1 aromatic carbocycles. The van der Waals surface area contributed by atoms with Crippen LogP contribution in [-0.4, -0.2) is 25.6 Å². The Labute approximate surface area is 141 Å². The van der Waals surface area contributed by atoms with Gasteiger partial charge in [0, 0.05) is 24.1 Å². The Morgan fingerprint density at radius 1 is 1.37 bits per heavy atom. The van der Waals surface area contributed by atoms with Crippen LogP contribution in [0.1, 0.15) is 25.8 Å². The number of nitrogens with zero attached hydrogens (tertiary/aromatic N) is 1. The van der Waals surface area contributed by atoms with E-state index >= 15 is 0 Å². The van der Waals surface area contributed by atoms with Crippen molar-refractivity contribution in [1.29, 1.82) is 0 Å². The van der Waals surface area contributed by atoms with E-state index in [-0.39, 0.29) is 24.0 Å². The molecule has 0 saturated heterocycles. The predicted octanol–water partition coefficient (Wildman–Crippen LogP) is 3.57. The third kappa shape index (κ3) is 8.47. The van der Waals surface area contributed by atoms with Crippen LogP contribution in [-0.2, 0) is 6.42 Å². The Bertz CT molecular complexity index is 394. The van der Waals surface area contributed by atoms with E-state index in [1.165, 1.54) is 5.56 Å². The summed E-state index contributed by atoms with van der Waals surface area (Å²) in [6, 6.07) is 8.86. The minimum Gasteiger partial charge on any atom is -0.356 e. The number of hydrogen-bond acceptors (Lipinski definition) is 1. The zero-order valence-corrected chi connectivity index (χ0v) is 15.7. The minimum absolute atomic E-state index is 0. The average Bonchev–Trinajstić information content (AvgIpc) is 2.32. The maximum Gasteiger partial charge on any atom is 0.191 e. The summed E-state index contributed by atoms with van der Waals surface area (Å²) < 4.78 is 1.14. The second kappa shape index (κ2) is 10.5. The lowest BCUT2D eigenvalue weighted by molar-refractivity contribution is 0.685. The maximum absolute atomic E-state index is 4.17. The third-order valence-electron chi connectivity index (χ3n) is 2.47. The molecule has 0 unspecified atom stereocenters. The van der Waals surface area contributed by atoms with Gasteiger partial charge in [0.2, 0.25) is 0 Å². The van der Waals surface area contributed by atoms with Crippen molar-refractivity contribution in [1.82, 2.24) is 10.6 Å². The minimum atomic E-state index is 0. The molecular formula is C14H23BrIN3. The van der Waals surface area contributed by atoms with Gasteiger partial charge in [0.15, 0.2) is 5.96 Å². The van der Waals surface area contributed by atoms with Crippen LogP contribution < -0.4 is 10.6 Å². The molecule has 19 heavy (non-hydrogen) atoms. The van der Waals surface area contributed by atoms with Crippen LogP contribution >= 0.6 is 39.9 Å². The molecular weight excluding hydrogens is 417 g/mol. The van der Waals surface area contributed by atoms with E-state index in [1.807, 2.05) is 0 Å². The molecule has 3 nitrogen and oxygen atoms in total. The van der Waals surface area contributed by atoms with Gasteiger partial charge in [-0.3, -0.25) is 4.99 Å². The SMILES string of the molecule is CN=C(NCCCc1cccc(Br)c1)NC(C)C.I. The van der Waals surface area contributed by atoms with Gasteiger partial charge >= 0.3 is 0 Å². The number of hydrogen-bond donors (Lipinski definition) is 2. The Hall–Kier alpha value is -0.300. The number of halogens is 2. The maximum atomic E-state index is 4.17. The van der Waals surface area contributed by atoms with E-state index < -0.39 is 0 Å². The van der Waals surface area contributed by atoms with Crippen LogP contribution in [0, 0.1) is 0 Å². The second-order valence-electron chi connectivity index (χ2n) is 4.53. The van der Waals surface area contributed by atoms with Crippen molar-refractivity contribution >= 4 is 45.9 Å². The molecule has 0 fully saturated rings. The standard InChI is InChI=1S/C14H22BrN3.HI/c1-11(2)18-14(16-3)17-9-5-7-12-6-4-8-13(15)10-12;/h4,6,8,10-11H,5,7,9H2,1-3H3,(H2,16,17,18);1H. The third-order valence-corrected chi connectivity index (χ3v) is 2.97. The second-order valence-corrected chi connectivity index (χ2v) is 5.45. The molecule has 0 spiro atoms. The lowest BCUT2D eigenvalue weighted by atomic mass is 10.1. The summed E-state index contributed by atoms with van der Waals surface area (Å²) in [5, 5.41) is 6.58. The first-order valence-electron chi connectivity index (χ1n) is 6.33. The molecule has 0 aliphatic carbocycles.